The average molecular weight is 272 g/mol. The van der Waals surface area contributed by atoms with Crippen LogP contribution < -0.4 is 4.74 Å². The molecule has 5 nitrogen and oxygen atoms in total. The van der Waals surface area contributed by atoms with Crippen molar-refractivity contribution in [2.24, 2.45) is 0 Å². The first-order chi connectivity index (χ1) is 9.20. The van der Waals surface area contributed by atoms with Crippen molar-refractivity contribution in [1.82, 2.24) is 19.6 Å². The van der Waals surface area contributed by atoms with Gasteiger partial charge in [0.2, 0.25) is 0 Å². The Labute approximate surface area is 115 Å². The molecule has 3 aromatic rings. The van der Waals surface area contributed by atoms with Gasteiger partial charge >= 0.3 is 0 Å². The highest BCUT2D eigenvalue weighted by atomic mass is 32.1. The van der Waals surface area contributed by atoms with Gasteiger partial charge < -0.3 is 4.74 Å². The summed E-state index contributed by atoms with van der Waals surface area (Å²) in [4.78, 5) is 9.41. The van der Waals surface area contributed by atoms with Gasteiger partial charge in [-0.1, -0.05) is 6.07 Å². The number of hydrogen-bond acceptors (Lipinski definition) is 5. The molecule has 96 valence electrons. The Hall–Kier alpha value is -2.08. The minimum absolute atomic E-state index is 0.556. The summed E-state index contributed by atoms with van der Waals surface area (Å²) >= 11 is 4.48. The lowest BCUT2D eigenvalue weighted by Crippen LogP contribution is -1.92. The van der Waals surface area contributed by atoms with Gasteiger partial charge in [-0.2, -0.15) is 5.10 Å². The molecule has 0 unspecified atom stereocenters. The van der Waals surface area contributed by atoms with Crippen LogP contribution in [0.5, 0.6) is 5.75 Å². The van der Waals surface area contributed by atoms with Gasteiger partial charge in [0, 0.05) is 10.5 Å². The van der Waals surface area contributed by atoms with E-state index in [1.165, 1.54) is 0 Å². The molecule has 0 spiro atoms. The van der Waals surface area contributed by atoms with Gasteiger partial charge in [-0.3, -0.25) is 0 Å². The molecule has 0 saturated carbocycles. The number of nitrogens with zero attached hydrogens (tertiary/aromatic N) is 4. The molecule has 0 amide bonds. The minimum Gasteiger partial charge on any atom is -0.495 e. The van der Waals surface area contributed by atoms with Crippen LogP contribution in [0.2, 0.25) is 0 Å². The summed E-state index contributed by atoms with van der Waals surface area (Å²) in [5, 5.41) is 4.15. The molecular weight excluding hydrogens is 260 g/mol. The zero-order valence-corrected chi connectivity index (χ0v) is 11.4. The first-order valence-electron chi connectivity index (χ1n) is 5.74. The normalized spacial score (nSPS) is 10.9. The van der Waals surface area contributed by atoms with E-state index in [0.717, 1.165) is 21.7 Å². The first-order valence-corrected chi connectivity index (χ1v) is 6.18. The molecule has 1 aromatic carbocycles. The second kappa shape index (κ2) is 4.55. The second-order valence-corrected chi connectivity index (χ2v) is 4.57. The standard InChI is InChI=1S/C13H12N4OS/c1-8-3-4-9(11(18-2)12(8)19)10-7-17-13(16-10)14-5-6-15-17/h3-7,19H,1-2H3. The largest absolute Gasteiger partial charge is 0.495 e. The Morgan fingerprint density at radius 1 is 1.26 bits per heavy atom. The van der Waals surface area contributed by atoms with E-state index < -0.39 is 0 Å². The summed E-state index contributed by atoms with van der Waals surface area (Å²) in [5.41, 5.74) is 2.70. The summed E-state index contributed by atoms with van der Waals surface area (Å²) in [7, 11) is 1.63. The molecule has 0 N–H and O–H groups in total. The maximum Gasteiger partial charge on any atom is 0.251 e. The van der Waals surface area contributed by atoms with Crippen molar-refractivity contribution >= 4 is 18.4 Å². The predicted octanol–water partition coefficient (Wildman–Crippen LogP) is 2.40. The number of rotatable bonds is 2. The lowest BCUT2D eigenvalue weighted by Gasteiger charge is -2.10. The molecule has 19 heavy (non-hydrogen) atoms. The van der Waals surface area contributed by atoms with Crippen LogP contribution in [-0.4, -0.2) is 26.7 Å². The van der Waals surface area contributed by atoms with Crippen LogP contribution in [0, 0.1) is 6.92 Å². The van der Waals surface area contributed by atoms with Crippen molar-refractivity contribution in [3.05, 3.63) is 36.3 Å². The minimum atomic E-state index is 0.556. The van der Waals surface area contributed by atoms with E-state index in [4.69, 9.17) is 4.74 Å². The Balaban J connectivity index is 2.23. The summed E-state index contributed by atoms with van der Waals surface area (Å²) in [6, 6.07) is 3.96. The van der Waals surface area contributed by atoms with Crippen LogP contribution in [0.25, 0.3) is 17.0 Å². The van der Waals surface area contributed by atoms with Gasteiger partial charge in [-0.15, -0.1) is 12.6 Å². The predicted molar refractivity (Wildman–Crippen MR) is 74.8 cm³/mol. The third-order valence-corrected chi connectivity index (χ3v) is 3.49. The van der Waals surface area contributed by atoms with Crippen LogP contribution in [0.4, 0.5) is 0 Å². The summed E-state index contributed by atoms with van der Waals surface area (Å²) in [6.45, 7) is 1.99. The Bertz CT molecular complexity index is 720. The van der Waals surface area contributed by atoms with E-state index in [1.54, 1.807) is 24.0 Å². The lowest BCUT2D eigenvalue weighted by molar-refractivity contribution is 0.406. The second-order valence-electron chi connectivity index (χ2n) is 4.13. The maximum atomic E-state index is 5.44. The molecule has 0 bridgehead atoms. The highest BCUT2D eigenvalue weighted by Crippen LogP contribution is 2.36. The molecule has 0 aliphatic carbocycles. The fraction of sp³-hybridized carbons (Fsp3) is 0.154. The number of imidazole rings is 1. The molecule has 2 heterocycles. The summed E-state index contributed by atoms with van der Waals surface area (Å²) in [6.07, 6.45) is 5.06. The number of benzene rings is 1. The van der Waals surface area contributed by atoms with Crippen LogP contribution >= 0.6 is 12.6 Å². The maximum absolute atomic E-state index is 5.44. The van der Waals surface area contributed by atoms with E-state index >= 15 is 0 Å². The van der Waals surface area contributed by atoms with E-state index in [9.17, 15) is 0 Å². The van der Waals surface area contributed by atoms with Crippen LogP contribution in [-0.2, 0) is 0 Å². The Morgan fingerprint density at radius 2 is 2.11 bits per heavy atom. The molecule has 6 heteroatoms. The SMILES string of the molecule is COc1c(-c2cn3nccnc3n2)ccc(C)c1S. The van der Waals surface area contributed by atoms with E-state index in [2.05, 4.69) is 27.7 Å². The molecule has 0 aliphatic rings. The van der Waals surface area contributed by atoms with Gasteiger partial charge in [0.15, 0.2) is 0 Å². The van der Waals surface area contributed by atoms with Crippen molar-refractivity contribution in [3.8, 4) is 17.0 Å². The number of aryl methyl sites for hydroxylation is 1. The Kier molecular flexibility index (Phi) is 2.87. The zero-order chi connectivity index (χ0) is 13.4. The number of fused-ring (bicyclic) bond motifs is 1. The molecule has 0 atom stereocenters. The molecule has 0 aliphatic heterocycles. The average Bonchev–Trinajstić information content (AvgIpc) is 2.85. The van der Waals surface area contributed by atoms with Crippen molar-refractivity contribution in [2.75, 3.05) is 7.11 Å². The van der Waals surface area contributed by atoms with Gasteiger partial charge in [0.25, 0.3) is 5.78 Å². The molecule has 0 radical (unpaired) electrons. The van der Waals surface area contributed by atoms with Gasteiger partial charge in [0.05, 0.1) is 31.4 Å². The molecular formula is C13H12N4OS. The summed E-state index contributed by atoms with van der Waals surface area (Å²) in [5.74, 6) is 1.27. The third-order valence-electron chi connectivity index (χ3n) is 2.93. The monoisotopic (exact) mass is 272 g/mol. The highest BCUT2D eigenvalue weighted by Gasteiger charge is 2.14. The zero-order valence-electron chi connectivity index (χ0n) is 10.5. The van der Waals surface area contributed by atoms with Gasteiger partial charge in [0.1, 0.15) is 5.75 Å². The van der Waals surface area contributed by atoms with Gasteiger partial charge in [-0.05, 0) is 18.6 Å². The number of ether oxygens (including phenoxy) is 1. The fourth-order valence-corrected chi connectivity index (χ4v) is 2.23. The van der Waals surface area contributed by atoms with E-state index in [1.807, 2.05) is 25.3 Å². The van der Waals surface area contributed by atoms with Crippen LogP contribution in [0.3, 0.4) is 0 Å². The van der Waals surface area contributed by atoms with Crippen molar-refractivity contribution in [1.29, 1.82) is 0 Å². The Morgan fingerprint density at radius 3 is 2.84 bits per heavy atom. The molecule has 3 rings (SSSR count). The number of hydrogen-bond donors (Lipinski definition) is 1. The first kappa shape index (κ1) is 12.0. The van der Waals surface area contributed by atoms with E-state index in [0.29, 0.717) is 11.5 Å². The molecule has 2 aromatic heterocycles. The lowest BCUT2D eigenvalue weighted by atomic mass is 10.1. The smallest absolute Gasteiger partial charge is 0.251 e. The third kappa shape index (κ3) is 1.94. The van der Waals surface area contributed by atoms with Crippen molar-refractivity contribution < 1.29 is 4.74 Å². The van der Waals surface area contributed by atoms with Gasteiger partial charge in [-0.25, -0.2) is 14.5 Å². The number of thiol groups is 1. The van der Waals surface area contributed by atoms with Crippen molar-refractivity contribution in [2.45, 2.75) is 11.8 Å². The quantitative estimate of drug-likeness (QED) is 0.728. The van der Waals surface area contributed by atoms with Crippen LogP contribution in [0.15, 0.2) is 35.6 Å². The molecule has 0 saturated heterocycles. The highest BCUT2D eigenvalue weighted by molar-refractivity contribution is 7.80. The molecule has 0 fully saturated rings. The fourth-order valence-electron chi connectivity index (χ4n) is 1.94. The topological polar surface area (TPSA) is 52.3 Å². The van der Waals surface area contributed by atoms with Crippen molar-refractivity contribution in [3.63, 3.8) is 0 Å². The number of methoxy groups -OCH3 is 1. The van der Waals surface area contributed by atoms with E-state index in [-0.39, 0.29) is 0 Å². The van der Waals surface area contributed by atoms with Crippen LogP contribution in [0.1, 0.15) is 5.56 Å². The summed E-state index contributed by atoms with van der Waals surface area (Å²) < 4.78 is 7.07. The number of aromatic nitrogens is 4.